The van der Waals surface area contributed by atoms with Gasteiger partial charge in [-0.3, -0.25) is 14.1 Å². The maximum atomic E-state index is 13.2. The van der Waals surface area contributed by atoms with Crippen LogP contribution in [0, 0.1) is 5.92 Å². The van der Waals surface area contributed by atoms with Gasteiger partial charge in [0.15, 0.2) is 9.84 Å². The molecule has 34 heavy (non-hydrogen) atoms. The van der Waals surface area contributed by atoms with Crippen LogP contribution in [0.15, 0.2) is 60.7 Å². The number of sulfone groups is 1. The third-order valence-electron chi connectivity index (χ3n) is 5.27. The zero-order valence-electron chi connectivity index (χ0n) is 19.0. The molecule has 2 N–H and O–H groups in total. The fourth-order valence-corrected chi connectivity index (χ4v) is 4.99. The van der Waals surface area contributed by atoms with Crippen LogP contribution in [0.4, 0.5) is 0 Å². The largest absolute Gasteiger partial charge is 0.461 e. The molecule has 0 bridgehead atoms. The molecular weight excluding hydrogens is 482 g/mol. The highest BCUT2D eigenvalue weighted by molar-refractivity contribution is 7.93. The highest BCUT2D eigenvalue weighted by atomic mass is 32.2. The summed E-state index contributed by atoms with van der Waals surface area (Å²) in [4.78, 5) is 25.4. The fraction of sp³-hybridized carbons (Fsp3) is 0.391. The van der Waals surface area contributed by atoms with Crippen LogP contribution in [-0.2, 0) is 47.3 Å². The molecule has 0 aliphatic carbocycles. The lowest BCUT2D eigenvalue weighted by atomic mass is 10.0. The molecule has 0 heterocycles. The van der Waals surface area contributed by atoms with Gasteiger partial charge in [0.2, 0.25) is 5.91 Å². The van der Waals surface area contributed by atoms with Crippen molar-refractivity contribution in [3.63, 3.8) is 0 Å². The molecule has 2 aromatic carbocycles. The van der Waals surface area contributed by atoms with Crippen molar-refractivity contribution in [1.82, 2.24) is 5.32 Å². The van der Waals surface area contributed by atoms with Crippen molar-refractivity contribution >= 4 is 31.8 Å². The van der Waals surface area contributed by atoms with Gasteiger partial charge in [-0.1, -0.05) is 60.7 Å². The van der Waals surface area contributed by atoms with Crippen molar-refractivity contribution in [1.29, 1.82) is 0 Å². The third-order valence-corrected chi connectivity index (χ3v) is 8.57. The average Bonchev–Trinajstić information content (AvgIpc) is 2.77. The van der Waals surface area contributed by atoms with E-state index in [0.29, 0.717) is 0 Å². The second-order valence-corrected chi connectivity index (χ2v) is 12.5. The number of carbonyl (C=O) groups excluding carboxylic acids is 2. The molecule has 0 saturated carbocycles. The van der Waals surface area contributed by atoms with Crippen LogP contribution in [0.25, 0.3) is 0 Å². The minimum Gasteiger partial charge on any atom is -0.461 e. The SMILES string of the molecule is CC(C)(C(=O)NCCS(=O)(=O)O)S(=O)(=O)CC(Cc1ccccc1)C(=O)OCc1ccccc1. The van der Waals surface area contributed by atoms with Crippen molar-refractivity contribution in [2.45, 2.75) is 31.6 Å². The van der Waals surface area contributed by atoms with Gasteiger partial charge in [0.1, 0.15) is 11.4 Å². The number of hydrogen-bond donors (Lipinski definition) is 2. The zero-order chi connectivity index (χ0) is 25.4. The highest BCUT2D eigenvalue weighted by Gasteiger charge is 2.44. The van der Waals surface area contributed by atoms with Crippen molar-refractivity contribution in [3.8, 4) is 0 Å². The third kappa shape index (κ3) is 8.23. The first-order chi connectivity index (χ1) is 15.8. The van der Waals surface area contributed by atoms with Crippen LogP contribution >= 0.6 is 0 Å². The van der Waals surface area contributed by atoms with E-state index in [2.05, 4.69) is 5.32 Å². The molecule has 0 aromatic heterocycles. The number of carbonyl (C=O) groups is 2. The standard InChI is InChI=1S/C23H29NO8S2/c1-23(2,22(26)24-13-14-34(29,30)31)33(27,28)17-20(15-18-9-5-3-6-10-18)21(25)32-16-19-11-7-4-8-12-19/h3-12,20H,13-17H2,1-2H3,(H,24,26)(H,29,30,31). The Morgan fingerprint density at radius 2 is 1.47 bits per heavy atom. The number of benzene rings is 2. The monoisotopic (exact) mass is 511 g/mol. The Labute approximate surface area is 200 Å². The molecule has 0 aliphatic heterocycles. The van der Waals surface area contributed by atoms with Crippen LogP contribution in [0.5, 0.6) is 0 Å². The minimum atomic E-state index is -4.32. The van der Waals surface area contributed by atoms with Crippen molar-refractivity contribution < 1.29 is 35.7 Å². The summed E-state index contributed by atoms with van der Waals surface area (Å²) in [5.41, 5.74) is 1.48. The molecule has 0 saturated heterocycles. The van der Waals surface area contributed by atoms with E-state index in [9.17, 15) is 26.4 Å². The van der Waals surface area contributed by atoms with Crippen LogP contribution in [0.1, 0.15) is 25.0 Å². The molecule has 0 radical (unpaired) electrons. The maximum absolute atomic E-state index is 13.2. The van der Waals surface area contributed by atoms with E-state index in [-0.39, 0.29) is 13.0 Å². The molecule has 2 rings (SSSR count). The van der Waals surface area contributed by atoms with Gasteiger partial charge in [0, 0.05) is 6.54 Å². The summed E-state index contributed by atoms with van der Waals surface area (Å²) in [6.45, 7) is 1.88. The minimum absolute atomic E-state index is 0.0233. The van der Waals surface area contributed by atoms with E-state index < -0.39 is 60.5 Å². The smallest absolute Gasteiger partial charge is 0.310 e. The highest BCUT2D eigenvalue weighted by Crippen LogP contribution is 2.23. The summed E-state index contributed by atoms with van der Waals surface area (Å²) in [5, 5.41) is 2.21. The number of amides is 1. The molecule has 1 amide bonds. The Hall–Kier alpha value is -2.76. The molecule has 2 aromatic rings. The molecule has 186 valence electrons. The first-order valence-corrected chi connectivity index (χ1v) is 13.8. The lowest BCUT2D eigenvalue weighted by Crippen LogP contribution is -2.51. The summed E-state index contributed by atoms with van der Waals surface area (Å²) in [7, 11) is -8.52. The van der Waals surface area contributed by atoms with Gasteiger partial charge in [-0.25, -0.2) is 8.42 Å². The van der Waals surface area contributed by atoms with E-state index in [0.717, 1.165) is 11.1 Å². The second kappa shape index (κ2) is 11.6. The number of esters is 1. The van der Waals surface area contributed by atoms with E-state index in [1.807, 2.05) is 6.07 Å². The maximum Gasteiger partial charge on any atom is 0.310 e. The molecule has 1 unspecified atom stereocenters. The van der Waals surface area contributed by atoms with Gasteiger partial charge in [0.05, 0.1) is 17.4 Å². The molecular formula is C23H29NO8S2. The zero-order valence-corrected chi connectivity index (χ0v) is 20.6. The molecule has 0 fully saturated rings. The summed E-state index contributed by atoms with van der Waals surface area (Å²) in [6.07, 6.45) is 0.0914. The van der Waals surface area contributed by atoms with Crippen molar-refractivity contribution in [2.24, 2.45) is 5.92 Å². The van der Waals surface area contributed by atoms with Crippen molar-refractivity contribution in [2.75, 3.05) is 18.1 Å². The Morgan fingerprint density at radius 1 is 0.941 bits per heavy atom. The van der Waals surface area contributed by atoms with Gasteiger partial charge in [-0.15, -0.1) is 0 Å². The molecule has 1 atom stereocenters. The van der Waals surface area contributed by atoms with E-state index in [4.69, 9.17) is 9.29 Å². The summed E-state index contributed by atoms with van der Waals surface area (Å²) < 4.78 is 60.3. The molecule has 11 heteroatoms. The predicted molar refractivity (Wildman–Crippen MR) is 127 cm³/mol. The Morgan fingerprint density at radius 3 is 2.00 bits per heavy atom. The number of ether oxygens (including phenoxy) is 1. The Balaban J connectivity index is 2.18. The molecule has 0 aliphatic rings. The predicted octanol–water partition coefficient (Wildman–Crippen LogP) is 1.79. The summed E-state index contributed by atoms with van der Waals surface area (Å²) in [6, 6.07) is 17.8. The van der Waals surface area contributed by atoms with Gasteiger partial charge in [-0.2, -0.15) is 8.42 Å². The number of hydrogen-bond acceptors (Lipinski definition) is 7. The Bertz CT molecular complexity index is 1180. The van der Waals surface area contributed by atoms with E-state index >= 15 is 0 Å². The van der Waals surface area contributed by atoms with Crippen LogP contribution in [0.3, 0.4) is 0 Å². The quantitative estimate of drug-likeness (QED) is 0.324. The fourth-order valence-electron chi connectivity index (χ4n) is 3.08. The average molecular weight is 512 g/mol. The van der Waals surface area contributed by atoms with E-state index in [1.54, 1.807) is 54.6 Å². The molecule has 9 nitrogen and oxygen atoms in total. The van der Waals surface area contributed by atoms with Gasteiger partial charge < -0.3 is 10.1 Å². The first-order valence-electron chi connectivity index (χ1n) is 10.5. The van der Waals surface area contributed by atoms with Gasteiger partial charge in [-0.05, 0) is 31.4 Å². The van der Waals surface area contributed by atoms with Crippen LogP contribution in [0.2, 0.25) is 0 Å². The lowest BCUT2D eigenvalue weighted by molar-refractivity contribution is -0.149. The summed E-state index contributed by atoms with van der Waals surface area (Å²) >= 11 is 0. The topological polar surface area (TPSA) is 144 Å². The van der Waals surface area contributed by atoms with Gasteiger partial charge in [0.25, 0.3) is 10.1 Å². The first kappa shape index (κ1) is 27.5. The Kier molecular flexibility index (Phi) is 9.37. The lowest BCUT2D eigenvalue weighted by Gasteiger charge is -2.26. The second-order valence-electron chi connectivity index (χ2n) is 8.31. The molecule has 0 spiro atoms. The van der Waals surface area contributed by atoms with Crippen LogP contribution in [-0.4, -0.2) is 56.1 Å². The number of rotatable bonds is 12. The van der Waals surface area contributed by atoms with Gasteiger partial charge >= 0.3 is 5.97 Å². The van der Waals surface area contributed by atoms with Crippen molar-refractivity contribution in [3.05, 3.63) is 71.8 Å². The van der Waals surface area contributed by atoms with E-state index in [1.165, 1.54) is 13.8 Å². The summed E-state index contributed by atoms with van der Waals surface area (Å²) in [5.74, 6) is -4.11. The number of nitrogens with one attached hydrogen (secondary N) is 1. The van der Waals surface area contributed by atoms with Crippen LogP contribution < -0.4 is 5.32 Å². The normalized spacial score (nSPS) is 13.1.